The number of nitrogens with one attached hydrogen (secondary N) is 1. The lowest BCUT2D eigenvalue weighted by molar-refractivity contribution is -0.121. The first-order valence-corrected chi connectivity index (χ1v) is 8.83. The summed E-state index contributed by atoms with van der Waals surface area (Å²) in [5, 5.41) is 2.96. The Balaban J connectivity index is 1.55. The van der Waals surface area contributed by atoms with E-state index < -0.39 is 0 Å². The number of likely N-dealkylation sites (tertiary alicyclic amines) is 1. The highest BCUT2D eigenvalue weighted by Crippen LogP contribution is 2.22. The van der Waals surface area contributed by atoms with Gasteiger partial charge in [0, 0.05) is 34.7 Å². The number of rotatable bonds is 3. The predicted molar refractivity (Wildman–Crippen MR) is 97.8 cm³/mol. The number of hydrogen-bond acceptors (Lipinski definition) is 2. The Labute approximate surface area is 150 Å². The Morgan fingerprint density at radius 3 is 2.38 bits per heavy atom. The van der Waals surface area contributed by atoms with Gasteiger partial charge < -0.3 is 10.2 Å². The van der Waals surface area contributed by atoms with E-state index >= 15 is 0 Å². The van der Waals surface area contributed by atoms with Gasteiger partial charge in [0.1, 0.15) is 0 Å². The summed E-state index contributed by atoms with van der Waals surface area (Å²) in [4.78, 5) is 26.7. The first-order chi connectivity index (χ1) is 11.6. The van der Waals surface area contributed by atoms with Gasteiger partial charge in [0.15, 0.2) is 0 Å². The SMILES string of the molecule is O=C(Nc1cccc(Br)c1)C1CCN(C(=O)c2ccccc2)CC1. The summed E-state index contributed by atoms with van der Waals surface area (Å²) in [6, 6.07) is 16.8. The van der Waals surface area contributed by atoms with Crippen molar-refractivity contribution in [2.45, 2.75) is 12.8 Å². The highest BCUT2D eigenvalue weighted by atomic mass is 79.9. The summed E-state index contributed by atoms with van der Waals surface area (Å²) < 4.78 is 0.934. The molecule has 124 valence electrons. The summed E-state index contributed by atoms with van der Waals surface area (Å²) in [5.41, 5.74) is 1.49. The molecule has 2 aromatic rings. The monoisotopic (exact) mass is 386 g/mol. The van der Waals surface area contributed by atoms with Gasteiger partial charge in [0.25, 0.3) is 5.91 Å². The first kappa shape index (κ1) is 16.7. The Morgan fingerprint density at radius 1 is 1.00 bits per heavy atom. The van der Waals surface area contributed by atoms with Crippen LogP contribution in [0.3, 0.4) is 0 Å². The van der Waals surface area contributed by atoms with Crippen LogP contribution in [0.1, 0.15) is 23.2 Å². The van der Waals surface area contributed by atoms with Gasteiger partial charge in [-0.3, -0.25) is 9.59 Å². The van der Waals surface area contributed by atoms with Crippen molar-refractivity contribution >= 4 is 33.4 Å². The van der Waals surface area contributed by atoms with Crippen molar-refractivity contribution in [2.24, 2.45) is 5.92 Å². The number of piperidine rings is 1. The number of nitrogens with zero attached hydrogens (tertiary/aromatic N) is 1. The third-order valence-corrected chi connectivity index (χ3v) is 4.76. The molecular weight excluding hydrogens is 368 g/mol. The van der Waals surface area contributed by atoms with E-state index in [9.17, 15) is 9.59 Å². The third-order valence-electron chi connectivity index (χ3n) is 4.27. The molecule has 3 rings (SSSR count). The lowest BCUT2D eigenvalue weighted by atomic mass is 9.95. The number of carbonyl (C=O) groups excluding carboxylic acids is 2. The molecule has 2 amide bonds. The molecule has 4 nitrogen and oxygen atoms in total. The number of hydrogen-bond donors (Lipinski definition) is 1. The summed E-state index contributed by atoms with van der Waals surface area (Å²) >= 11 is 3.40. The van der Waals surface area contributed by atoms with E-state index in [1.54, 1.807) is 0 Å². The molecule has 24 heavy (non-hydrogen) atoms. The Kier molecular flexibility index (Phi) is 5.30. The fraction of sp³-hybridized carbons (Fsp3) is 0.263. The van der Waals surface area contributed by atoms with Gasteiger partial charge in [-0.1, -0.05) is 40.2 Å². The van der Waals surface area contributed by atoms with E-state index in [4.69, 9.17) is 0 Å². The molecule has 1 aliphatic rings. The average molecular weight is 387 g/mol. The van der Waals surface area contributed by atoms with Gasteiger partial charge in [-0.15, -0.1) is 0 Å². The van der Waals surface area contributed by atoms with Crippen molar-refractivity contribution in [1.82, 2.24) is 4.90 Å². The third kappa shape index (κ3) is 4.03. The van der Waals surface area contributed by atoms with Crippen LogP contribution >= 0.6 is 15.9 Å². The molecule has 0 aliphatic carbocycles. The molecule has 1 saturated heterocycles. The smallest absolute Gasteiger partial charge is 0.253 e. The normalized spacial score (nSPS) is 15.1. The molecule has 2 aromatic carbocycles. The molecule has 1 fully saturated rings. The summed E-state index contributed by atoms with van der Waals surface area (Å²) in [6.07, 6.45) is 1.39. The molecular formula is C19H19BrN2O2. The number of benzene rings is 2. The highest BCUT2D eigenvalue weighted by Gasteiger charge is 2.27. The number of carbonyl (C=O) groups is 2. The minimum absolute atomic E-state index is 0.0277. The van der Waals surface area contributed by atoms with Gasteiger partial charge in [-0.25, -0.2) is 0 Å². The fourth-order valence-electron chi connectivity index (χ4n) is 2.92. The van der Waals surface area contributed by atoms with Gasteiger partial charge >= 0.3 is 0 Å². The van der Waals surface area contributed by atoms with E-state index in [1.165, 1.54) is 0 Å². The van der Waals surface area contributed by atoms with Gasteiger partial charge in [0.2, 0.25) is 5.91 Å². The summed E-state index contributed by atoms with van der Waals surface area (Å²) in [6.45, 7) is 1.23. The zero-order chi connectivity index (χ0) is 16.9. The van der Waals surface area contributed by atoms with Crippen molar-refractivity contribution in [2.75, 3.05) is 18.4 Å². The zero-order valence-electron chi connectivity index (χ0n) is 13.2. The minimum Gasteiger partial charge on any atom is -0.339 e. The average Bonchev–Trinajstić information content (AvgIpc) is 2.62. The predicted octanol–water partition coefficient (Wildman–Crippen LogP) is 3.94. The second-order valence-corrected chi connectivity index (χ2v) is 6.85. The molecule has 0 atom stereocenters. The molecule has 0 bridgehead atoms. The van der Waals surface area contributed by atoms with Crippen molar-refractivity contribution < 1.29 is 9.59 Å². The quantitative estimate of drug-likeness (QED) is 0.868. The summed E-state index contributed by atoms with van der Waals surface area (Å²) in [5.74, 6) is 0.0187. The van der Waals surface area contributed by atoms with Crippen molar-refractivity contribution in [3.05, 3.63) is 64.6 Å². The van der Waals surface area contributed by atoms with Gasteiger partial charge in [-0.05, 0) is 43.2 Å². The molecule has 0 aromatic heterocycles. The van der Waals surface area contributed by atoms with Crippen LogP contribution in [0.5, 0.6) is 0 Å². The fourth-order valence-corrected chi connectivity index (χ4v) is 3.32. The van der Waals surface area contributed by atoms with Gasteiger partial charge in [0.05, 0.1) is 0 Å². The van der Waals surface area contributed by atoms with Gasteiger partial charge in [-0.2, -0.15) is 0 Å². The Morgan fingerprint density at radius 2 is 1.71 bits per heavy atom. The number of halogens is 1. The lowest BCUT2D eigenvalue weighted by Gasteiger charge is -2.31. The molecule has 1 aliphatic heterocycles. The van der Waals surface area contributed by atoms with Crippen molar-refractivity contribution in [1.29, 1.82) is 0 Å². The Hall–Kier alpha value is -2.14. The van der Waals surface area contributed by atoms with E-state index in [-0.39, 0.29) is 17.7 Å². The molecule has 1 heterocycles. The highest BCUT2D eigenvalue weighted by molar-refractivity contribution is 9.10. The van der Waals surface area contributed by atoms with E-state index in [0.717, 1.165) is 10.2 Å². The maximum Gasteiger partial charge on any atom is 0.253 e. The molecule has 0 saturated carbocycles. The van der Waals surface area contributed by atoms with Crippen LogP contribution in [0.15, 0.2) is 59.1 Å². The minimum atomic E-state index is -0.0520. The lowest BCUT2D eigenvalue weighted by Crippen LogP contribution is -2.41. The molecule has 5 heteroatoms. The van der Waals surface area contributed by atoms with Crippen LogP contribution in [-0.2, 0) is 4.79 Å². The van der Waals surface area contributed by atoms with Crippen LogP contribution in [0.2, 0.25) is 0 Å². The zero-order valence-corrected chi connectivity index (χ0v) is 14.8. The number of anilines is 1. The molecule has 1 N–H and O–H groups in total. The first-order valence-electron chi connectivity index (χ1n) is 8.04. The second-order valence-electron chi connectivity index (χ2n) is 5.93. The van der Waals surface area contributed by atoms with Crippen LogP contribution in [0, 0.1) is 5.92 Å². The Bertz CT molecular complexity index is 725. The van der Waals surface area contributed by atoms with E-state index in [1.807, 2.05) is 59.5 Å². The van der Waals surface area contributed by atoms with E-state index in [0.29, 0.717) is 31.5 Å². The van der Waals surface area contributed by atoms with Crippen LogP contribution < -0.4 is 5.32 Å². The van der Waals surface area contributed by atoms with Crippen LogP contribution in [0.4, 0.5) is 5.69 Å². The maximum absolute atomic E-state index is 12.4. The van der Waals surface area contributed by atoms with Crippen LogP contribution in [-0.4, -0.2) is 29.8 Å². The number of amides is 2. The topological polar surface area (TPSA) is 49.4 Å². The maximum atomic E-state index is 12.4. The largest absolute Gasteiger partial charge is 0.339 e. The standard InChI is InChI=1S/C19H19BrN2O2/c20-16-7-4-8-17(13-16)21-18(23)14-9-11-22(12-10-14)19(24)15-5-2-1-3-6-15/h1-8,13-14H,9-12H2,(H,21,23). The second kappa shape index (κ2) is 7.62. The summed E-state index contributed by atoms with van der Waals surface area (Å²) in [7, 11) is 0. The van der Waals surface area contributed by atoms with Crippen molar-refractivity contribution in [3.63, 3.8) is 0 Å². The molecule has 0 spiro atoms. The van der Waals surface area contributed by atoms with Crippen molar-refractivity contribution in [3.8, 4) is 0 Å². The molecule has 0 unspecified atom stereocenters. The van der Waals surface area contributed by atoms with Crippen LogP contribution in [0.25, 0.3) is 0 Å². The molecule has 0 radical (unpaired) electrons. The van der Waals surface area contributed by atoms with E-state index in [2.05, 4.69) is 21.2 Å².